The Morgan fingerprint density at radius 2 is 2.16 bits per heavy atom. The monoisotopic (exact) mass is 457 g/mol. The molecule has 1 aliphatic heterocycles. The Morgan fingerprint density at radius 1 is 1.42 bits per heavy atom. The van der Waals surface area contributed by atoms with E-state index in [1.54, 1.807) is 0 Å². The van der Waals surface area contributed by atoms with Gasteiger partial charge in [-0.3, -0.25) is 25.6 Å². The van der Waals surface area contributed by atoms with Gasteiger partial charge in [-0.1, -0.05) is 19.3 Å². The third kappa shape index (κ3) is 5.92. The topological polar surface area (TPSA) is 114 Å². The van der Waals surface area contributed by atoms with Gasteiger partial charge in [0.25, 0.3) is 0 Å². The predicted molar refractivity (Wildman–Crippen MR) is 113 cm³/mol. The minimum Gasteiger partial charge on any atom is -0.349 e. The van der Waals surface area contributed by atoms with Crippen LogP contribution in [0.3, 0.4) is 0 Å². The van der Waals surface area contributed by atoms with Crippen LogP contribution >= 0.6 is 11.6 Å². The molecule has 3 N–H and O–H groups in total. The molecule has 0 unspecified atom stereocenters. The number of hydrogen-bond acceptors (Lipinski definition) is 8. The number of amides is 2. The fraction of sp³-hybridized carbons (Fsp3) is 0.684. The maximum atomic E-state index is 15.2. The number of halogens is 2. The molecule has 1 aromatic rings. The first kappa shape index (κ1) is 23.4. The van der Waals surface area contributed by atoms with Gasteiger partial charge < -0.3 is 9.80 Å². The molecule has 2 atom stereocenters. The van der Waals surface area contributed by atoms with Crippen LogP contribution in [-0.2, 0) is 9.59 Å². The van der Waals surface area contributed by atoms with Crippen molar-refractivity contribution in [2.45, 2.75) is 38.6 Å². The van der Waals surface area contributed by atoms with Crippen LogP contribution in [0.4, 0.5) is 16.0 Å². The van der Waals surface area contributed by atoms with Gasteiger partial charge >= 0.3 is 0 Å². The van der Waals surface area contributed by atoms with E-state index >= 15 is 4.39 Å². The summed E-state index contributed by atoms with van der Waals surface area (Å²) in [5.41, 5.74) is 4.94. The SMILES string of the molecule is C[C@@H]1CN(C)CCN1c1nc(Cl)nc(NNC(=O)[C@@H](CC2CCC2)CN(O)C=O)c1F. The highest BCUT2D eigenvalue weighted by Gasteiger charge is 2.30. The molecule has 0 radical (unpaired) electrons. The number of piperazine rings is 1. The van der Waals surface area contributed by atoms with E-state index < -0.39 is 17.6 Å². The summed E-state index contributed by atoms with van der Waals surface area (Å²) < 4.78 is 15.2. The van der Waals surface area contributed by atoms with E-state index in [1.165, 1.54) is 0 Å². The summed E-state index contributed by atoms with van der Waals surface area (Å²) in [6.45, 7) is 3.90. The number of likely N-dealkylation sites (N-methyl/N-ethyl adjacent to an activating group) is 1. The van der Waals surface area contributed by atoms with Crippen molar-refractivity contribution < 1.29 is 19.2 Å². The number of carbonyl (C=O) groups is 2. The van der Waals surface area contributed by atoms with Crippen LogP contribution in [0.15, 0.2) is 0 Å². The third-order valence-electron chi connectivity index (χ3n) is 5.96. The van der Waals surface area contributed by atoms with Crippen molar-refractivity contribution in [3.63, 3.8) is 0 Å². The van der Waals surface area contributed by atoms with Crippen LogP contribution in [0.25, 0.3) is 0 Å². The summed E-state index contributed by atoms with van der Waals surface area (Å²) in [7, 11) is 2.00. The second-order valence-electron chi connectivity index (χ2n) is 8.35. The van der Waals surface area contributed by atoms with Gasteiger partial charge in [0.15, 0.2) is 11.6 Å². The Hall–Kier alpha value is -2.24. The smallest absolute Gasteiger partial charge is 0.243 e. The van der Waals surface area contributed by atoms with Crippen LogP contribution in [0.1, 0.15) is 32.6 Å². The molecule has 0 spiro atoms. The van der Waals surface area contributed by atoms with Gasteiger partial charge in [0.1, 0.15) is 0 Å². The molecule has 172 valence electrons. The van der Waals surface area contributed by atoms with Crippen LogP contribution in [-0.4, -0.2) is 76.7 Å². The largest absolute Gasteiger partial charge is 0.349 e. The van der Waals surface area contributed by atoms with E-state index in [9.17, 15) is 14.8 Å². The molecule has 2 aliphatic rings. The molecule has 12 heteroatoms. The van der Waals surface area contributed by atoms with Gasteiger partial charge in [0.05, 0.1) is 12.5 Å². The standard InChI is InChI=1S/C19H29ClFN7O3/c1-12-9-26(2)6-7-28(12)17-15(21)16(22-19(20)23-17)24-25-18(30)14(10-27(31)11-29)8-13-4-3-5-13/h11-14,31H,3-10H2,1-2H3,(H,25,30)(H,22,23,24)/t12-,14+/m1/s1. The van der Waals surface area contributed by atoms with E-state index in [1.807, 2.05) is 18.9 Å². The summed E-state index contributed by atoms with van der Waals surface area (Å²) in [6.07, 6.45) is 3.89. The molecule has 3 rings (SSSR count). The molecular weight excluding hydrogens is 429 g/mol. The molecule has 1 saturated carbocycles. The number of hydrazine groups is 1. The highest BCUT2D eigenvalue weighted by molar-refractivity contribution is 6.28. The quantitative estimate of drug-likeness (QED) is 0.221. The van der Waals surface area contributed by atoms with Crippen LogP contribution in [0.5, 0.6) is 0 Å². The van der Waals surface area contributed by atoms with Crippen LogP contribution in [0, 0.1) is 17.7 Å². The highest BCUT2D eigenvalue weighted by Crippen LogP contribution is 2.32. The normalized spacial score (nSPS) is 20.7. The molecule has 0 bridgehead atoms. The van der Waals surface area contributed by atoms with E-state index in [2.05, 4.69) is 25.7 Å². The van der Waals surface area contributed by atoms with Crippen molar-refractivity contribution in [3.8, 4) is 0 Å². The molecule has 1 aliphatic carbocycles. The molecule has 31 heavy (non-hydrogen) atoms. The lowest BCUT2D eigenvalue weighted by Gasteiger charge is -2.39. The summed E-state index contributed by atoms with van der Waals surface area (Å²) >= 11 is 6.02. The van der Waals surface area contributed by atoms with Gasteiger partial charge in [-0.25, -0.2) is 5.06 Å². The fourth-order valence-corrected chi connectivity index (χ4v) is 4.19. The molecule has 10 nitrogen and oxygen atoms in total. The molecule has 2 amide bonds. The average Bonchev–Trinajstić information content (AvgIpc) is 2.69. The van der Waals surface area contributed by atoms with Crippen molar-refractivity contribution >= 4 is 35.6 Å². The van der Waals surface area contributed by atoms with Gasteiger partial charge in [0.2, 0.25) is 23.4 Å². The Kier molecular flexibility index (Phi) is 7.84. The number of hydrogen-bond donors (Lipinski definition) is 3. The number of nitrogens with one attached hydrogen (secondary N) is 2. The lowest BCUT2D eigenvalue weighted by Crippen LogP contribution is -2.51. The zero-order valence-corrected chi connectivity index (χ0v) is 18.5. The number of aromatic nitrogens is 2. The maximum Gasteiger partial charge on any atom is 0.243 e. The lowest BCUT2D eigenvalue weighted by molar-refractivity contribution is -0.155. The van der Waals surface area contributed by atoms with Gasteiger partial charge in [0, 0.05) is 25.7 Å². The summed E-state index contributed by atoms with van der Waals surface area (Å²) in [5.74, 6) is -1.64. The maximum absolute atomic E-state index is 15.2. The summed E-state index contributed by atoms with van der Waals surface area (Å²) in [6, 6.07) is 0.0207. The first-order chi connectivity index (χ1) is 14.8. The van der Waals surface area contributed by atoms with E-state index in [4.69, 9.17) is 11.6 Å². The number of anilines is 2. The molecule has 2 fully saturated rings. The molecular formula is C19H29ClFN7O3. The molecule has 0 aromatic carbocycles. The van der Waals surface area contributed by atoms with Gasteiger partial charge in [-0.15, -0.1) is 0 Å². The van der Waals surface area contributed by atoms with E-state index in [0.717, 1.165) is 32.4 Å². The zero-order valence-electron chi connectivity index (χ0n) is 17.7. The fourth-order valence-electron chi connectivity index (χ4n) is 4.02. The first-order valence-electron chi connectivity index (χ1n) is 10.4. The minimum absolute atomic E-state index is 0.0207. The van der Waals surface area contributed by atoms with Crippen molar-refractivity contribution in [1.82, 2.24) is 25.4 Å². The van der Waals surface area contributed by atoms with Crippen LogP contribution < -0.4 is 15.8 Å². The molecule has 1 aromatic heterocycles. The zero-order chi connectivity index (χ0) is 22.5. The highest BCUT2D eigenvalue weighted by atomic mass is 35.5. The second-order valence-corrected chi connectivity index (χ2v) is 8.69. The molecule has 2 heterocycles. The number of rotatable bonds is 9. The second kappa shape index (κ2) is 10.4. The van der Waals surface area contributed by atoms with Crippen molar-refractivity contribution in [3.05, 3.63) is 11.1 Å². The van der Waals surface area contributed by atoms with Crippen molar-refractivity contribution in [2.75, 3.05) is 43.6 Å². The Morgan fingerprint density at radius 3 is 2.77 bits per heavy atom. The Bertz CT molecular complexity index is 798. The van der Waals surface area contributed by atoms with Gasteiger partial charge in [-0.05, 0) is 37.9 Å². The van der Waals surface area contributed by atoms with E-state index in [0.29, 0.717) is 23.9 Å². The number of hydroxylamine groups is 2. The van der Waals surface area contributed by atoms with Crippen LogP contribution in [0.2, 0.25) is 5.28 Å². The average molecular weight is 458 g/mol. The summed E-state index contributed by atoms with van der Waals surface area (Å²) in [5, 5.41) is 9.83. The Labute approximate surface area is 185 Å². The lowest BCUT2D eigenvalue weighted by atomic mass is 9.79. The number of nitrogens with zero attached hydrogens (tertiary/aromatic N) is 5. The number of carbonyl (C=O) groups excluding carboxylic acids is 2. The third-order valence-corrected chi connectivity index (χ3v) is 6.12. The minimum atomic E-state index is -0.715. The van der Waals surface area contributed by atoms with Crippen molar-refractivity contribution in [2.24, 2.45) is 11.8 Å². The summed E-state index contributed by atoms with van der Waals surface area (Å²) in [4.78, 5) is 35.3. The predicted octanol–water partition coefficient (Wildman–Crippen LogP) is 1.51. The van der Waals surface area contributed by atoms with E-state index in [-0.39, 0.29) is 35.9 Å². The molecule has 1 saturated heterocycles. The Balaban J connectivity index is 1.70. The van der Waals surface area contributed by atoms with Gasteiger partial charge in [-0.2, -0.15) is 14.4 Å². The first-order valence-corrected chi connectivity index (χ1v) is 10.8. The van der Waals surface area contributed by atoms with Crippen molar-refractivity contribution in [1.29, 1.82) is 0 Å².